The van der Waals surface area contributed by atoms with Crippen molar-refractivity contribution in [2.75, 3.05) is 0 Å². The van der Waals surface area contributed by atoms with E-state index in [4.69, 9.17) is 22.6 Å². The fourth-order valence-corrected chi connectivity index (χ4v) is 1.83. The van der Waals surface area contributed by atoms with Crippen molar-refractivity contribution >= 4 is 27.5 Å². The minimum absolute atomic E-state index is 0.243. The molecule has 5 heteroatoms. The standard InChI is InChI=1S/C8H7BrClN3/c9-6-3-5(10)4-13-8(6)7(12)1-2-11/h3-4,7H,1,12H2/t7-/m0/s1. The number of rotatable bonds is 2. The van der Waals surface area contributed by atoms with Gasteiger partial charge in [0.25, 0.3) is 0 Å². The van der Waals surface area contributed by atoms with Crippen molar-refractivity contribution in [2.45, 2.75) is 12.5 Å². The van der Waals surface area contributed by atoms with Crippen molar-refractivity contribution in [3.63, 3.8) is 0 Å². The zero-order chi connectivity index (χ0) is 9.84. The van der Waals surface area contributed by atoms with Gasteiger partial charge in [-0.15, -0.1) is 0 Å². The molecule has 0 saturated carbocycles. The molecule has 0 amide bonds. The third kappa shape index (κ3) is 2.66. The number of halogens is 2. The van der Waals surface area contributed by atoms with Crippen molar-refractivity contribution < 1.29 is 0 Å². The zero-order valence-corrected chi connectivity index (χ0v) is 9.01. The Bertz CT molecular complexity index is 348. The molecule has 0 fully saturated rings. The lowest BCUT2D eigenvalue weighted by atomic mass is 10.1. The topological polar surface area (TPSA) is 62.7 Å². The molecule has 0 aliphatic rings. The van der Waals surface area contributed by atoms with Crippen LogP contribution in [0.15, 0.2) is 16.7 Å². The van der Waals surface area contributed by atoms with Gasteiger partial charge in [0.05, 0.1) is 29.2 Å². The molecule has 3 nitrogen and oxygen atoms in total. The molecule has 0 aliphatic carbocycles. The van der Waals surface area contributed by atoms with E-state index in [9.17, 15) is 0 Å². The number of hydrogen-bond acceptors (Lipinski definition) is 3. The lowest BCUT2D eigenvalue weighted by Crippen LogP contribution is -2.11. The second kappa shape index (κ2) is 4.56. The highest BCUT2D eigenvalue weighted by molar-refractivity contribution is 9.10. The lowest BCUT2D eigenvalue weighted by Gasteiger charge is -2.08. The van der Waals surface area contributed by atoms with Crippen molar-refractivity contribution in [3.8, 4) is 6.07 Å². The average Bonchev–Trinajstić information content (AvgIpc) is 2.04. The summed E-state index contributed by atoms with van der Waals surface area (Å²) in [4.78, 5) is 4.04. The molecule has 68 valence electrons. The van der Waals surface area contributed by atoms with Gasteiger partial charge in [0.2, 0.25) is 0 Å². The molecule has 0 bridgehead atoms. The monoisotopic (exact) mass is 259 g/mol. The van der Waals surface area contributed by atoms with Gasteiger partial charge in [-0.1, -0.05) is 11.6 Å². The van der Waals surface area contributed by atoms with E-state index in [-0.39, 0.29) is 12.5 Å². The minimum atomic E-state index is -0.364. The summed E-state index contributed by atoms with van der Waals surface area (Å²) in [5.41, 5.74) is 6.36. The van der Waals surface area contributed by atoms with Crippen LogP contribution in [-0.4, -0.2) is 4.98 Å². The number of pyridine rings is 1. The first kappa shape index (κ1) is 10.5. The van der Waals surface area contributed by atoms with Crippen LogP contribution in [0.3, 0.4) is 0 Å². The third-order valence-electron chi connectivity index (χ3n) is 1.50. The highest BCUT2D eigenvalue weighted by Gasteiger charge is 2.10. The summed E-state index contributed by atoms with van der Waals surface area (Å²) in [5, 5.41) is 8.99. The molecule has 0 aromatic carbocycles. The first-order valence-electron chi connectivity index (χ1n) is 3.58. The molecule has 0 spiro atoms. The van der Waals surface area contributed by atoms with Crippen LogP contribution in [0.5, 0.6) is 0 Å². The Morgan fingerprint density at radius 1 is 1.77 bits per heavy atom. The molecule has 0 radical (unpaired) electrons. The van der Waals surface area contributed by atoms with E-state index in [0.717, 1.165) is 4.47 Å². The molecule has 1 aromatic heterocycles. The van der Waals surface area contributed by atoms with Crippen LogP contribution in [0.2, 0.25) is 5.02 Å². The number of aromatic nitrogens is 1. The molecule has 1 aromatic rings. The lowest BCUT2D eigenvalue weighted by molar-refractivity contribution is 0.715. The fourth-order valence-electron chi connectivity index (χ4n) is 0.893. The molecule has 0 unspecified atom stereocenters. The Morgan fingerprint density at radius 3 is 3.00 bits per heavy atom. The van der Waals surface area contributed by atoms with Gasteiger partial charge >= 0.3 is 0 Å². The Labute approximate surface area is 89.6 Å². The van der Waals surface area contributed by atoms with Gasteiger partial charge in [0, 0.05) is 10.7 Å². The van der Waals surface area contributed by atoms with Crippen LogP contribution in [0.4, 0.5) is 0 Å². The summed E-state index contributed by atoms with van der Waals surface area (Å²) in [7, 11) is 0. The van der Waals surface area contributed by atoms with E-state index in [1.807, 2.05) is 6.07 Å². The second-order valence-corrected chi connectivity index (χ2v) is 3.78. The summed E-state index contributed by atoms with van der Waals surface area (Å²) in [5.74, 6) is 0. The van der Waals surface area contributed by atoms with Gasteiger partial charge in [-0.05, 0) is 22.0 Å². The van der Waals surface area contributed by atoms with E-state index in [1.54, 1.807) is 6.07 Å². The number of nitriles is 1. The number of nitrogens with two attached hydrogens (primary N) is 1. The van der Waals surface area contributed by atoms with E-state index in [0.29, 0.717) is 10.7 Å². The quantitative estimate of drug-likeness (QED) is 0.888. The molecule has 1 heterocycles. The van der Waals surface area contributed by atoms with Crippen LogP contribution in [0.1, 0.15) is 18.2 Å². The molecular formula is C8H7BrClN3. The molecule has 1 atom stereocenters. The molecular weight excluding hydrogens is 253 g/mol. The predicted molar refractivity (Wildman–Crippen MR) is 54.1 cm³/mol. The molecule has 1 rings (SSSR count). The van der Waals surface area contributed by atoms with E-state index >= 15 is 0 Å². The van der Waals surface area contributed by atoms with Gasteiger partial charge < -0.3 is 5.73 Å². The largest absolute Gasteiger partial charge is 0.322 e. The molecule has 0 saturated heterocycles. The highest BCUT2D eigenvalue weighted by Crippen LogP contribution is 2.24. The molecule has 2 N–H and O–H groups in total. The zero-order valence-electron chi connectivity index (χ0n) is 6.67. The average molecular weight is 261 g/mol. The summed E-state index contributed by atoms with van der Waals surface area (Å²) in [6.45, 7) is 0. The van der Waals surface area contributed by atoms with Crippen molar-refractivity contribution in [2.24, 2.45) is 5.73 Å². The Kier molecular flexibility index (Phi) is 3.67. The first-order chi connectivity index (χ1) is 6.15. The van der Waals surface area contributed by atoms with Crippen LogP contribution < -0.4 is 5.73 Å². The van der Waals surface area contributed by atoms with Gasteiger partial charge in [-0.3, -0.25) is 4.98 Å². The Balaban J connectivity index is 2.96. The van der Waals surface area contributed by atoms with Gasteiger partial charge in [-0.25, -0.2) is 0 Å². The number of nitrogens with zero attached hydrogens (tertiary/aromatic N) is 2. The van der Waals surface area contributed by atoms with Gasteiger partial charge in [0.1, 0.15) is 0 Å². The van der Waals surface area contributed by atoms with E-state index in [1.165, 1.54) is 6.20 Å². The second-order valence-electron chi connectivity index (χ2n) is 2.49. The van der Waals surface area contributed by atoms with Gasteiger partial charge in [0.15, 0.2) is 0 Å². The number of hydrogen-bond donors (Lipinski definition) is 1. The highest BCUT2D eigenvalue weighted by atomic mass is 79.9. The van der Waals surface area contributed by atoms with Crippen LogP contribution in [-0.2, 0) is 0 Å². The van der Waals surface area contributed by atoms with Crippen molar-refractivity contribution in [3.05, 3.63) is 27.5 Å². The van der Waals surface area contributed by atoms with Gasteiger partial charge in [-0.2, -0.15) is 5.26 Å². The van der Waals surface area contributed by atoms with Crippen LogP contribution in [0, 0.1) is 11.3 Å². The predicted octanol–water partition coefficient (Wildman–Crippen LogP) is 2.41. The maximum atomic E-state index is 8.44. The van der Waals surface area contributed by atoms with E-state index < -0.39 is 0 Å². The SMILES string of the molecule is N#CC[C@H](N)c1ncc(Cl)cc1Br. The fraction of sp³-hybridized carbons (Fsp3) is 0.250. The molecule has 13 heavy (non-hydrogen) atoms. The first-order valence-corrected chi connectivity index (χ1v) is 4.75. The van der Waals surface area contributed by atoms with Crippen LogP contribution in [0.25, 0.3) is 0 Å². The summed E-state index contributed by atoms with van der Waals surface area (Å²) in [6.07, 6.45) is 1.76. The van der Waals surface area contributed by atoms with Crippen molar-refractivity contribution in [1.82, 2.24) is 4.98 Å². The maximum Gasteiger partial charge on any atom is 0.0724 e. The van der Waals surface area contributed by atoms with E-state index in [2.05, 4.69) is 20.9 Å². The third-order valence-corrected chi connectivity index (χ3v) is 2.34. The summed E-state index contributed by atoms with van der Waals surface area (Å²) < 4.78 is 0.739. The Hall–Kier alpha value is -0.630. The Morgan fingerprint density at radius 2 is 2.46 bits per heavy atom. The minimum Gasteiger partial charge on any atom is -0.322 e. The van der Waals surface area contributed by atoms with Crippen molar-refractivity contribution in [1.29, 1.82) is 5.26 Å². The normalized spacial score (nSPS) is 12.2. The summed E-state index contributed by atoms with van der Waals surface area (Å²) in [6, 6.07) is 3.33. The maximum absolute atomic E-state index is 8.44. The smallest absolute Gasteiger partial charge is 0.0724 e. The molecule has 0 aliphatic heterocycles. The summed E-state index contributed by atoms with van der Waals surface area (Å²) >= 11 is 8.98. The van der Waals surface area contributed by atoms with Crippen LogP contribution >= 0.6 is 27.5 Å².